The van der Waals surface area contributed by atoms with Crippen molar-refractivity contribution in [3.63, 3.8) is 0 Å². The number of ether oxygens (including phenoxy) is 3. The van der Waals surface area contributed by atoms with Crippen molar-refractivity contribution in [3.8, 4) is 0 Å². The maximum atomic E-state index is 12.7. The first kappa shape index (κ1) is 26.8. The Hall–Kier alpha value is -1.79. The third kappa shape index (κ3) is 7.61. The molecule has 1 aromatic rings. The van der Waals surface area contributed by atoms with E-state index in [0.717, 1.165) is 19.4 Å². The average Bonchev–Trinajstić information content (AvgIpc) is 3.15. The lowest BCUT2D eigenvalue weighted by atomic mass is 9.97. The van der Waals surface area contributed by atoms with E-state index in [1.165, 1.54) is 55.3 Å². The van der Waals surface area contributed by atoms with Gasteiger partial charge in [-0.1, -0.05) is 51.2 Å². The van der Waals surface area contributed by atoms with Crippen LogP contribution in [0.4, 0.5) is 10.5 Å². The summed E-state index contributed by atoms with van der Waals surface area (Å²) in [5.41, 5.74) is 2.98. The molecular formula is C28H46N2O4. The molecule has 0 unspecified atom stereocenters. The number of benzene rings is 1. The number of nitrogens with one attached hydrogen (secondary N) is 1. The number of amides is 1. The topological polar surface area (TPSA) is 60.0 Å². The predicted molar refractivity (Wildman–Crippen MR) is 138 cm³/mol. The maximum Gasteiger partial charge on any atom is 0.408 e. The number of unbranched alkanes of at least 4 members (excludes halogenated alkanes) is 5. The highest BCUT2D eigenvalue weighted by Crippen LogP contribution is 2.34. The summed E-state index contributed by atoms with van der Waals surface area (Å²) >= 11 is 0. The molecule has 0 aliphatic carbocycles. The van der Waals surface area contributed by atoms with Crippen molar-refractivity contribution in [2.75, 3.05) is 31.2 Å². The van der Waals surface area contributed by atoms with E-state index in [2.05, 4.69) is 35.3 Å². The minimum absolute atomic E-state index is 0.378. The number of hydrogen-bond donors (Lipinski definition) is 1. The molecule has 0 spiro atoms. The Balaban J connectivity index is 1.68. The van der Waals surface area contributed by atoms with E-state index in [4.69, 9.17) is 14.2 Å². The molecule has 0 saturated carbocycles. The van der Waals surface area contributed by atoms with Crippen LogP contribution in [0.15, 0.2) is 18.2 Å². The number of carbonyl (C=O) groups excluding carboxylic acids is 1. The molecule has 2 aliphatic rings. The van der Waals surface area contributed by atoms with Gasteiger partial charge in [-0.15, -0.1) is 0 Å². The quantitative estimate of drug-likeness (QED) is 0.422. The van der Waals surface area contributed by atoms with Gasteiger partial charge in [-0.3, -0.25) is 0 Å². The van der Waals surface area contributed by atoms with Crippen molar-refractivity contribution in [2.45, 2.75) is 110 Å². The van der Waals surface area contributed by atoms with E-state index < -0.39 is 23.0 Å². The van der Waals surface area contributed by atoms with Crippen molar-refractivity contribution in [3.05, 3.63) is 29.3 Å². The van der Waals surface area contributed by atoms with Crippen LogP contribution in [0.3, 0.4) is 0 Å². The smallest absolute Gasteiger partial charge is 0.408 e. The Kier molecular flexibility index (Phi) is 8.91. The number of anilines is 1. The van der Waals surface area contributed by atoms with Gasteiger partial charge in [0.2, 0.25) is 0 Å². The zero-order valence-electron chi connectivity index (χ0n) is 22.3. The summed E-state index contributed by atoms with van der Waals surface area (Å²) < 4.78 is 17.6. The van der Waals surface area contributed by atoms with Crippen molar-refractivity contribution >= 4 is 11.8 Å². The second kappa shape index (κ2) is 11.3. The van der Waals surface area contributed by atoms with Crippen LogP contribution >= 0.6 is 0 Å². The Morgan fingerprint density at radius 3 is 2.44 bits per heavy atom. The summed E-state index contributed by atoms with van der Waals surface area (Å²) in [5, 5.41) is 3.10. The molecule has 2 heterocycles. The van der Waals surface area contributed by atoms with Crippen molar-refractivity contribution < 1.29 is 19.0 Å². The van der Waals surface area contributed by atoms with Gasteiger partial charge in [-0.25, -0.2) is 4.79 Å². The molecular weight excluding hydrogens is 428 g/mol. The van der Waals surface area contributed by atoms with Crippen LogP contribution in [0.1, 0.15) is 91.2 Å². The molecule has 3 rings (SSSR count). The molecule has 0 atom stereocenters. The molecule has 6 heteroatoms. The number of nitrogens with zero attached hydrogens (tertiary/aromatic N) is 1. The van der Waals surface area contributed by atoms with Gasteiger partial charge in [0.25, 0.3) is 0 Å². The molecule has 0 bridgehead atoms. The van der Waals surface area contributed by atoms with Gasteiger partial charge in [0.05, 0.1) is 13.2 Å². The first-order chi connectivity index (χ1) is 16.0. The number of fused-ring (bicyclic) bond motifs is 1. The molecule has 2 aliphatic heterocycles. The van der Waals surface area contributed by atoms with E-state index >= 15 is 0 Å². The Morgan fingerprint density at radius 2 is 1.76 bits per heavy atom. The number of carbonyl (C=O) groups is 1. The summed E-state index contributed by atoms with van der Waals surface area (Å²) in [6.45, 7) is 14.0. The largest absolute Gasteiger partial charge is 0.444 e. The van der Waals surface area contributed by atoms with Gasteiger partial charge in [-0.2, -0.15) is 0 Å². The van der Waals surface area contributed by atoms with E-state index in [1.807, 2.05) is 34.6 Å². The van der Waals surface area contributed by atoms with Crippen LogP contribution in [0.2, 0.25) is 0 Å². The van der Waals surface area contributed by atoms with Gasteiger partial charge < -0.3 is 24.4 Å². The van der Waals surface area contributed by atoms with E-state index in [-0.39, 0.29) is 0 Å². The molecule has 1 amide bonds. The van der Waals surface area contributed by atoms with Crippen LogP contribution in [-0.2, 0) is 27.1 Å². The molecule has 1 fully saturated rings. The summed E-state index contributed by atoms with van der Waals surface area (Å²) in [4.78, 5) is 15.1. The molecule has 0 aromatic heterocycles. The fourth-order valence-corrected chi connectivity index (χ4v) is 4.86. The third-order valence-corrected chi connectivity index (χ3v) is 6.67. The summed E-state index contributed by atoms with van der Waals surface area (Å²) in [5.74, 6) is -0.660. The highest BCUT2D eigenvalue weighted by molar-refractivity contribution is 5.69. The van der Waals surface area contributed by atoms with Gasteiger partial charge >= 0.3 is 6.09 Å². The Morgan fingerprint density at radius 1 is 1.09 bits per heavy atom. The average molecular weight is 475 g/mol. The second-order valence-electron chi connectivity index (χ2n) is 11.5. The van der Waals surface area contributed by atoms with Crippen molar-refractivity contribution in [2.24, 2.45) is 0 Å². The van der Waals surface area contributed by atoms with Crippen molar-refractivity contribution in [1.29, 1.82) is 0 Å². The lowest BCUT2D eigenvalue weighted by molar-refractivity contribution is -0.269. The zero-order valence-corrected chi connectivity index (χ0v) is 22.3. The van der Waals surface area contributed by atoms with E-state index in [0.29, 0.717) is 19.8 Å². The molecule has 1 aromatic carbocycles. The summed E-state index contributed by atoms with van der Waals surface area (Å²) in [6.07, 6.45) is 9.63. The molecule has 192 valence electrons. The normalized spacial score (nSPS) is 19.1. The van der Waals surface area contributed by atoms with E-state index in [1.54, 1.807) is 0 Å². The number of aryl methyl sites for hydroxylation is 1. The monoisotopic (exact) mass is 474 g/mol. The number of rotatable bonds is 10. The van der Waals surface area contributed by atoms with Gasteiger partial charge in [0.15, 0.2) is 5.79 Å². The minimum Gasteiger partial charge on any atom is -0.444 e. The summed E-state index contributed by atoms with van der Waals surface area (Å²) in [6, 6.07) is 6.68. The van der Waals surface area contributed by atoms with Crippen LogP contribution in [0.25, 0.3) is 0 Å². The highest BCUT2D eigenvalue weighted by atomic mass is 16.7. The maximum absolute atomic E-state index is 12.7. The van der Waals surface area contributed by atoms with Crippen LogP contribution in [-0.4, -0.2) is 49.3 Å². The lowest BCUT2D eigenvalue weighted by Gasteiger charge is -2.45. The fourth-order valence-electron chi connectivity index (χ4n) is 4.86. The lowest BCUT2D eigenvalue weighted by Crippen LogP contribution is -2.66. The van der Waals surface area contributed by atoms with Crippen LogP contribution < -0.4 is 10.2 Å². The van der Waals surface area contributed by atoms with Crippen molar-refractivity contribution in [1.82, 2.24) is 5.32 Å². The summed E-state index contributed by atoms with van der Waals surface area (Å²) in [7, 11) is 0. The number of alkyl carbamates (subject to hydrolysis) is 1. The standard InChI is InChI=1S/C28H46N2O4/c1-7-8-9-10-11-12-14-22-15-13-16-24-23(22)17-18-30(24)19-28(20-32-27(5,6)33-21-28)29-25(31)34-26(2,3)4/h13,15-16H,7-12,14,17-21H2,1-6H3,(H,29,31). The Labute approximate surface area is 206 Å². The Bertz CT molecular complexity index is 805. The highest BCUT2D eigenvalue weighted by Gasteiger charge is 2.44. The third-order valence-electron chi connectivity index (χ3n) is 6.67. The molecule has 34 heavy (non-hydrogen) atoms. The molecule has 6 nitrogen and oxygen atoms in total. The van der Waals surface area contributed by atoms with Crippen LogP contribution in [0.5, 0.6) is 0 Å². The van der Waals surface area contributed by atoms with Gasteiger partial charge in [-0.05, 0) is 71.1 Å². The first-order valence-corrected chi connectivity index (χ1v) is 13.2. The minimum atomic E-state index is -0.672. The number of hydrogen-bond acceptors (Lipinski definition) is 5. The molecule has 0 radical (unpaired) electrons. The van der Waals surface area contributed by atoms with Gasteiger partial charge in [0.1, 0.15) is 11.1 Å². The second-order valence-corrected chi connectivity index (χ2v) is 11.5. The van der Waals surface area contributed by atoms with E-state index in [9.17, 15) is 4.79 Å². The zero-order chi connectivity index (χ0) is 24.8. The van der Waals surface area contributed by atoms with Crippen LogP contribution in [0, 0.1) is 0 Å². The SMILES string of the molecule is CCCCCCCCc1cccc2c1CCN2CC1(NC(=O)OC(C)(C)C)COC(C)(C)OC1. The fraction of sp³-hybridized carbons (Fsp3) is 0.750. The molecule has 1 saturated heterocycles. The van der Waals surface area contributed by atoms with Gasteiger partial charge in [0, 0.05) is 18.8 Å². The predicted octanol–water partition coefficient (Wildman–Crippen LogP) is 6.00. The first-order valence-electron chi connectivity index (χ1n) is 13.2. The molecule has 1 N–H and O–H groups in total.